The maximum Gasteiger partial charge on any atom is 0.0186 e. The molecule has 0 heterocycles. The highest BCUT2D eigenvalue weighted by atomic mass is 14.8. The van der Waals surface area contributed by atoms with Crippen molar-refractivity contribution in [2.75, 3.05) is 0 Å². The molecule has 0 fully saturated rings. The van der Waals surface area contributed by atoms with Gasteiger partial charge in [0.05, 0.1) is 0 Å². The van der Waals surface area contributed by atoms with Crippen LogP contribution in [0.15, 0.2) is 11.8 Å². The fourth-order valence-electron chi connectivity index (χ4n) is 2.60. The molecule has 0 spiro atoms. The van der Waals surface area contributed by atoms with Gasteiger partial charge in [0.15, 0.2) is 0 Å². The fourth-order valence-corrected chi connectivity index (χ4v) is 2.60. The number of allylic oxidation sites excluding steroid dienone is 1. The van der Waals surface area contributed by atoms with Crippen LogP contribution in [0.3, 0.4) is 0 Å². The van der Waals surface area contributed by atoms with E-state index in [4.69, 9.17) is 11.5 Å². The Labute approximate surface area is 87.7 Å². The van der Waals surface area contributed by atoms with Crippen LogP contribution >= 0.6 is 0 Å². The van der Waals surface area contributed by atoms with Gasteiger partial charge in [-0.05, 0) is 24.7 Å². The highest BCUT2D eigenvalue weighted by molar-refractivity contribution is 5.19. The highest BCUT2D eigenvalue weighted by Gasteiger charge is 2.44. The van der Waals surface area contributed by atoms with E-state index < -0.39 is 0 Å². The summed E-state index contributed by atoms with van der Waals surface area (Å²) >= 11 is 0. The van der Waals surface area contributed by atoms with Crippen LogP contribution in [-0.4, -0.2) is 6.04 Å². The summed E-state index contributed by atoms with van der Waals surface area (Å²) in [5, 5.41) is 0. The summed E-state index contributed by atoms with van der Waals surface area (Å²) in [4.78, 5) is 0. The third-order valence-corrected chi connectivity index (χ3v) is 4.15. The van der Waals surface area contributed by atoms with Crippen LogP contribution < -0.4 is 11.5 Å². The van der Waals surface area contributed by atoms with Gasteiger partial charge in [-0.2, -0.15) is 0 Å². The molecule has 0 radical (unpaired) electrons. The van der Waals surface area contributed by atoms with Gasteiger partial charge in [0.25, 0.3) is 0 Å². The maximum atomic E-state index is 6.37. The number of rotatable bonds is 2. The van der Waals surface area contributed by atoms with E-state index in [-0.39, 0.29) is 16.9 Å². The highest BCUT2D eigenvalue weighted by Crippen LogP contribution is 2.46. The van der Waals surface area contributed by atoms with Gasteiger partial charge in [-0.15, -0.1) is 0 Å². The maximum absolute atomic E-state index is 6.37. The van der Waals surface area contributed by atoms with Crippen molar-refractivity contribution in [1.82, 2.24) is 0 Å². The summed E-state index contributed by atoms with van der Waals surface area (Å²) in [5.41, 5.74) is 13.6. The zero-order chi connectivity index (χ0) is 11.0. The molecular formula is C12H24N2. The molecule has 3 atom stereocenters. The van der Waals surface area contributed by atoms with Gasteiger partial charge in [0.2, 0.25) is 0 Å². The molecule has 1 rings (SSSR count). The standard InChI is InChI=1S/C12H24N2/c1-5-11(3)7-9(13)8-12(4,6-2)10(11)14/h7,10H,5-6,8,13-14H2,1-4H3. The molecule has 0 amide bonds. The Morgan fingerprint density at radius 1 is 1.36 bits per heavy atom. The predicted octanol–water partition coefficient (Wildman–Crippen LogP) is 2.39. The monoisotopic (exact) mass is 196 g/mol. The molecule has 82 valence electrons. The topological polar surface area (TPSA) is 52.0 Å². The van der Waals surface area contributed by atoms with Crippen molar-refractivity contribution in [3.63, 3.8) is 0 Å². The van der Waals surface area contributed by atoms with E-state index >= 15 is 0 Å². The number of nitrogens with two attached hydrogens (primary N) is 2. The van der Waals surface area contributed by atoms with Crippen molar-refractivity contribution in [1.29, 1.82) is 0 Å². The van der Waals surface area contributed by atoms with Gasteiger partial charge >= 0.3 is 0 Å². The largest absolute Gasteiger partial charge is 0.402 e. The Balaban J connectivity index is 3.07. The minimum atomic E-state index is 0.0765. The van der Waals surface area contributed by atoms with Gasteiger partial charge in [0, 0.05) is 17.2 Å². The first-order chi connectivity index (χ1) is 6.38. The van der Waals surface area contributed by atoms with E-state index in [0.29, 0.717) is 0 Å². The smallest absolute Gasteiger partial charge is 0.0186 e. The van der Waals surface area contributed by atoms with E-state index in [0.717, 1.165) is 25.0 Å². The van der Waals surface area contributed by atoms with Gasteiger partial charge in [-0.1, -0.05) is 33.8 Å². The molecule has 1 aliphatic rings. The normalized spacial score (nSPS) is 43.5. The van der Waals surface area contributed by atoms with E-state index in [9.17, 15) is 0 Å². The average Bonchev–Trinajstić information content (AvgIpc) is 2.14. The summed E-state index contributed by atoms with van der Waals surface area (Å²) in [6.07, 6.45) is 5.28. The molecule has 0 aliphatic heterocycles. The molecular weight excluding hydrogens is 172 g/mol. The average molecular weight is 196 g/mol. The first-order valence-electron chi connectivity index (χ1n) is 5.61. The second-order valence-corrected chi connectivity index (χ2v) is 5.24. The van der Waals surface area contributed by atoms with Crippen LogP contribution in [0.1, 0.15) is 47.0 Å². The minimum absolute atomic E-state index is 0.0765. The number of hydrogen-bond donors (Lipinski definition) is 2. The van der Waals surface area contributed by atoms with Crippen molar-refractivity contribution in [3.05, 3.63) is 11.8 Å². The molecule has 0 aromatic heterocycles. The Kier molecular flexibility index (Phi) is 2.96. The van der Waals surface area contributed by atoms with Crippen LogP contribution in [0.4, 0.5) is 0 Å². The Bertz CT molecular complexity index is 247. The first kappa shape index (κ1) is 11.6. The van der Waals surface area contributed by atoms with E-state index in [1.54, 1.807) is 0 Å². The second kappa shape index (κ2) is 3.58. The summed E-state index contributed by atoms with van der Waals surface area (Å²) in [6, 6.07) is 0.220. The summed E-state index contributed by atoms with van der Waals surface area (Å²) in [6.45, 7) is 8.86. The fraction of sp³-hybridized carbons (Fsp3) is 0.833. The summed E-state index contributed by atoms with van der Waals surface area (Å²) in [5.74, 6) is 0. The molecule has 2 heteroatoms. The Morgan fingerprint density at radius 2 is 1.93 bits per heavy atom. The quantitative estimate of drug-likeness (QED) is 0.712. The second-order valence-electron chi connectivity index (χ2n) is 5.24. The predicted molar refractivity (Wildman–Crippen MR) is 61.7 cm³/mol. The van der Waals surface area contributed by atoms with Gasteiger partial charge in [-0.25, -0.2) is 0 Å². The lowest BCUT2D eigenvalue weighted by Gasteiger charge is -2.48. The molecule has 3 unspecified atom stereocenters. The number of hydrogen-bond acceptors (Lipinski definition) is 2. The third-order valence-electron chi connectivity index (χ3n) is 4.15. The Morgan fingerprint density at radius 3 is 2.36 bits per heavy atom. The zero-order valence-corrected chi connectivity index (χ0v) is 9.93. The van der Waals surface area contributed by atoms with Crippen LogP contribution in [0, 0.1) is 10.8 Å². The summed E-state index contributed by atoms with van der Waals surface area (Å²) < 4.78 is 0. The van der Waals surface area contributed by atoms with Crippen molar-refractivity contribution in [2.45, 2.75) is 53.0 Å². The molecule has 2 nitrogen and oxygen atoms in total. The van der Waals surface area contributed by atoms with Gasteiger partial charge < -0.3 is 11.5 Å². The van der Waals surface area contributed by atoms with Gasteiger partial charge in [0.1, 0.15) is 0 Å². The lowest BCUT2D eigenvalue weighted by atomic mass is 9.60. The van der Waals surface area contributed by atoms with Crippen molar-refractivity contribution >= 4 is 0 Å². The van der Waals surface area contributed by atoms with E-state index in [1.807, 2.05) is 0 Å². The van der Waals surface area contributed by atoms with Crippen LogP contribution in [-0.2, 0) is 0 Å². The molecule has 14 heavy (non-hydrogen) atoms. The van der Waals surface area contributed by atoms with E-state index in [2.05, 4.69) is 33.8 Å². The molecule has 0 bridgehead atoms. The van der Waals surface area contributed by atoms with Crippen molar-refractivity contribution < 1.29 is 0 Å². The molecule has 0 saturated carbocycles. The summed E-state index contributed by atoms with van der Waals surface area (Å²) in [7, 11) is 0. The van der Waals surface area contributed by atoms with Gasteiger partial charge in [-0.3, -0.25) is 0 Å². The van der Waals surface area contributed by atoms with E-state index in [1.165, 1.54) is 0 Å². The van der Waals surface area contributed by atoms with Crippen LogP contribution in [0.5, 0.6) is 0 Å². The SMILES string of the molecule is CCC1(C)C=C(N)CC(C)(CC)C1N. The zero-order valence-electron chi connectivity index (χ0n) is 9.93. The third kappa shape index (κ3) is 1.68. The molecule has 0 saturated heterocycles. The van der Waals surface area contributed by atoms with Crippen LogP contribution in [0.25, 0.3) is 0 Å². The van der Waals surface area contributed by atoms with Crippen LogP contribution in [0.2, 0.25) is 0 Å². The molecule has 1 aliphatic carbocycles. The van der Waals surface area contributed by atoms with Crippen molar-refractivity contribution in [3.8, 4) is 0 Å². The lowest BCUT2D eigenvalue weighted by Crippen LogP contribution is -2.53. The molecule has 0 aromatic rings. The Hall–Kier alpha value is -0.500. The molecule has 0 aromatic carbocycles. The first-order valence-corrected chi connectivity index (χ1v) is 5.61. The minimum Gasteiger partial charge on any atom is -0.402 e. The lowest BCUT2D eigenvalue weighted by molar-refractivity contribution is 0.123. The van der Waals surface area contributed by atoms with Crippen molar-refractivity contribution in [2.24, 2.45) is 22.3 Å². The molecule has 4 N–H and O–H groups in total.